The zero-order valence-corrected chi connectivity index (χ0v) is 39.3. The number of benzene rings is 7. The summed E-state index contributed by atoms with van der Waals surface area (Å²) in [6.07, 6.45) is 10.3. The number of carbonyl (C=O) groups excluding carboxylic acids is 4. The van der Waals surface area contributed by atoms with Gasteiger partial charge in [0.2, 0.25) is 0 Å². The molecule has 0 amide bonds. The molecule has 0 bridgehead atoms. The molecule has 68 heavy (non-hydrogen) atoms. The van der Waals surface area contributed by atoms with Crippen LogP contribution >= 0.6 is 0 Å². The van der Waals surface area contributed by atoms with Gasteiger partial charge in [0, 0.05) is 6.07 Å². The van der Waals surface area contributed by atoms with Gasteiger partial charge in [-0.1, -0.05) is 132 Å². The summed E-state index contributed by atoms with van der Waals surface area (Å²) in [7, 11) is 0. The highest BCUT2D eigenvalue weighted by Crippen LogP contribution is 2.28. The summed E-state index contributed by atoms with van der Waals surface area (Å²) in [5.74, 6) is -1.31. The van der Waals surface area contributed by atoms with Gasteiger partial charge in [-0.2, -0.15) is 0 Å². The summed E-state index contributed by atoms with van der Waals surface area (Å²) >= 11 is 0. The molecule has 0 heterocycles. The third-order valence-corrected chi connectivity index (χ3v) is 12.0. The van der Waals surface area contributed by atoms with E-state index in [0.717, 1.165) is 35.1 Å². The predicted molar refractivity (Wildman–Crippen MR) is 268 cm³/mol. The Kier molecular flexibility index (Phi) is 16.9. The molecule has 8 heteroatoms. The molecule has 0 spiro atoms. The molecule has 0 aliphatic heterocycles. The van der Waals surface area contributed by atoms with Crippen molar-refractivity contribution in [3.63, 3.8) is 0 Å². The van der Waals surface area contributed by atoms with Crippen LogP contribution in [0.25, 0.3) is 22.3 Å². The van der Waals surface area contributed by atoms with Crippen molar-refractivity contribution >= 4 is 23.9 Å². The number of unbranched alkanes of at least 4 members (excludes halogenated alkanes) is 4. The molecule has 7 aromatic carbocycles. The average Bonchev–Trinajstić information content (AvgIpc) is 3.37. The third-order valence-electron chi connectivity index (χ3n) is 12.0. The van der Waals surface area contributed by atoms with Gasteiger partial charge in [-0.3, -0.25) is 0 Å². The molecule has 0 aliphatic carbocycles. The second kappa shape index (κ2) is 23.7. The van der Waals surface area contributed by atoms with E-state index in [1.807, 2.05) is 38.1 Å². The lowest BCUT2D eigenvalue weighted by Crippen LogP contribution is -2.14. The smallest absolute Gasteiger partial charge is 0.343 e. The van der Waals surface area contributed by atoms with Crippen molar-refractivity contribution in [3.05, 3.63) is 202 Å². The summed E-state index contributed by atoms with van der Waals surface area (Å²) in [5, 5.41) is 0. The Bertz CT molecular complexity index is 2630. The fraction of sp³-hybridized carbons (Fsp3) is 0.233. The highest BCUT2D eigenvalue weighted by Gasteiger charge is 2.19. The van der Waals surface area contributed by atoms with Crippen LogP contribution in [0.3, 0.4) is 0 Å². The summed E-state index contributed by atoms with van der Waals surface area (Å²) < 4.78 is 22.9. The molecule has 0 N–H and O–H groups in total. The summed E-state index contributed by atoms with van der Waals surface area (Å²) in [5.41, 5.74) is 9.49. The van der Waals surface area contributed by atoms with Gasteiger partial charge >= 0.3 is 23.9 Å². The van der Waals surface area contributed by atoms with E-state index < -0.39 is 23.9 Å². The van der Waals surface area contributed by atoms with Gasteiger partial charge in [0.05, 0.1) is 22.3 Å². The number of hydrogen-bond acceptors (Lipinski definition) is 8. The van der Waals surface area contributed by atoms with Crippen LogP contribution in [0.4, 0.5) is 0 Å². The number of ether oxygens (including phenoxy) is 4. The lowest BCUT2D eigenvalue weighted by Gasteiger charge is -2.13. The Morgan fingerprint density at radius 3 is 1.04 bits per heavy atom. The molecule has 0 unspecified atom stereocenters. The average molecular weight is 907 g/mol. The highest BCUT2D eigenvalue weighted by molar-refractivity contribution is 5.95. The first-order valence-corrected chi connectivity index (χ1v) is 23.8. The monoisotopic (exact) mass is 906 g/mol. The van der Waals surface area contributed by atoms with E-state index in [9.17, 15) is 19.2 Å². The minimum absolute atomic E-state index is 0.172. The quantitative estimate of drug-likeness (QED) is 0.0423. The van der Waals surface area contributed by atoms with E-state index in [1.54, 1.807) is 78.9 Å². The molecule has 8 nitrogen and oxygen atoms in total. The summed E-state index contributed by atoms with van der Waals surface area (Å²) in [6.45, 7) is 8.19. The summed E-state index contributed by atoms with van der Waals surface area (Å²) in [6, 6.07) is 47.6. The van der Waals surface area contributed by atoms with Gasteiger partial charge in [-0.15, -0.1) is 0 Å². The molecule has 0 fully saturated rings. The molecule has 0 saturated carbocycles. The van der Waals surface area contributed by atoms with E-state index >= 15 is 0 Å². The van der Waals surface area contributed by atoms with E-state index in [0.29, 0.717) is 57.7 Å². The number of hydrogen-bond donors (Lipinski definition) is 0. The Morgan fingerprint density at radius 2 is 0.691 bits per heavy atom. The Labute approximate surface area is 399 Å². The van der Waals surface area contributed by atoms with Crippen LogP contribution in [0.1, 0.15) is 130 Å². The molecule has 0 saturated heterocycles. The molecule has 0 atom stereocenters. The molecule has 7 rings (SSSR count). The van der Waals surface area contributed by atoms with Gasteiger partial charge in [0.1, 0.15) is 23.0 Å². The normalized spacial score (nSPS) is 10.9. The van der Waals surface area contributed by atoms with Crippen LogP contribution in [0.15, 0.2) is 158 Å². The first kappa shape index (κ1) is 48.4. The fourth-order valence-electron chi connectivity index (χ4n) is 7.99. The summed E-state index contributed by atoms with van der Waals surface area (Å²) in [4.78, 5) is 53.2. The fourth-order valence-corrected chi connectivity index (χ4v) is 7.99. The minimum Gasteiger partial charge on any atom is -0.423 e. The second-order valence-corrected chi connectivity index (χ2v) is 16.8. The van der Waals surface area contributed by atoms with Crippen molar-refractivity contribution in [2.24, 2.45) is 0 Å². The van der Waals surface area contributed by atoms with Crippen LogP contribution in [-0.2, 0) is 25.7 Å². The topological polar surface area (TPSA) is 105 Å². The Hall–Kier alpha value is -7.58. The standard InChI is InChI=1S/C60H58O8/c1-5-9-11-14-41-18-22-45(23-19-41)47-26-30-49(31-27-47)57(61)65-53-34-36-55(43(7-3)38-53)59(63)67-51-16-13-17-52(40-51)68-60(64)56-37-35-54(39-44(56)8-4)66-58(62)50-32-28-48(29-33-50)46-24-20-42(21-25-46)15-12-10-6-2/h13,16-40H,5-12,14-15H2,1-4H3. The maximum Gasteiger partial charge on any atom is 0.343 e. The van der Waals surface area contributed by atoms with E-state index in [-0.39, 0.29) is 11.5 Å². The van der Waals surface area contributed by atoms with Gasteiger partial charge < -0.3 is 18.9 Å². The van der Waals surface area contributed by atoms with Crippen molar-refractivity contribution < 1.29 is 38.1 Å². The molecule has 346 valence electrons. The first-order valence-electron chi connectivity index (χ1n) is 23.8. The van der Waals surface area contributed by atoms with E-state index in [1.165, 1.54) is 55.7 Å². The van der Waals surface area contributed by atoms with Gasteiger partial charge in [-0.05, 0) is 156 Å². The number of esters is 4. The van der Waals surface area contributed by atoms with Gasteiger partial charge in [0.25, 0.3) is 0 Å². The molecule has 0 aromatic heterocycles. The highest BCUT2D eigenvalue weighted by atomic mass is 16.6. The van der Waals surface area contributed by atoms with Crippen molar-refractivity contribution in [3.8, 4) is 45.3 Å². The zero-order valence-electron chi connectivity index (χ0n) is 39.3. The van der Waals surface area contributed by atoms with Crippen LogP contribution < -0.4 is 18.9 Å². The van der Waals surface area contributed by atoms with Crippen molar-refractivity contribution in [2.75, 3.05) is 0 Å². The van der Waals surface area contributed by atoms with Crippen molar-refractivity contribution in [2.45, 2.75) is 91.9 Å². The molecular weight excluding hydrogens is 849 g/mol. The first-order chi connectivity index (χ1) is 33.1. The lowest BCUT2D eigenvalue weighted by molar-refractivity contribution is 0.0722. The third kappa shape index (κ3) is 12.9. The molecular formula is C60H58O8. The van der Waals surface area contributed by atoms with Crippen molar-refractivity contribution in [1.82, 2.24) is 0 Å². The number of rotatable bonds is 20. The van der Waals surface area contributed by atoms with Crippen LogP contribution in [0, 0.1) is 0 Å². The predicted octanol–water partition coefficient (Wildman–Crippen LogP) is 14.5. The zero-order chi connectivity index (χ0) is 47.8. The largest absolute Gasteiger partial charge is 0.423 e. The maximum absolute atomic E-state index is 13.5. The maximum atomic E-state index is 13.5. The Morgan fingerprint density at radius 1 is 0.353 bits per heavy atom. The molecule has 0 radical (unpaired) electrons. The van der Waals surface area contributed by atoms with Crippen LogP contribution in [0.5, 0.6) is 23.0 Å². The lowest BCUT2D eigenvalue weighted by atomic mass is 10.0. The van der Waals surface area contributed by atoms with Crippen LogP contribution in [-0.4, -0.2) is 23.9 Å². The Balaban J connectivity index is 0.923. The van der Waals surface area contributed by atoms with E-state index in [4.69, 9.17) is 18.9 Å². The molecule has 7 aromatic rings. The van der Waals surface area contributed by atoms with Crippen LogP contribution in [0.2, 0.25) is 0 Å². The SMILES string of the molecule is CCCCCc1ccc(-c2ccc(C(=O)Oc3ccc(C(=O)Oc4cccc(OC(=O)c5ccc(OC(=O)c6ccc(-c7ccc(CCCCC)cc7)cc6)cc5CC)c4)c(CC)c3)cc2)cc1. The number of carbonyl (C=O) groups is 4. The second-order valence-electron chi connectivity index (χ2n) is 16.8. The van der Waals surface area contributed by atoms with Gasteiger partial charge in [-0.25, -0.2) is 19.2 Å². The van der Waals surface area contributed by atoms with E-state index in [2.05, 4.69) is 62.4 Å². The van der Waals surface area contributed by atoms with Crippen molar-refractivity contribution in [1.29, 1.82) is 0 Å². The minimum atomic E-state index is -0.620. The number of aryl methyl sites for hydroxylation is 4. The molecule has 0 aliphatic rings. The van der Waals surface area contributed by atoms with Gasteiger partial charge in [0.15, 0.2) is 0 Å².